The average molecular weight is 259 g/mol. The number of amides is 1. The maximum Gasteiger partial charge on any atom is 0.252 e. The van der Waals surface area contributed by atoms with Crippen molar-refractivity contribution in [2.24, 2.45) is 0 Å². The van der Waals surface area contributed by atoms with E-state index in [1.54, 1.807) is 24.3 Å². The highest BCUT2D eigenvalue weighted by Crippen LogP contribution is 2.05. The Balaban J connectivity index is 1.89. The van der Waals surface area contributed by atoms with Gasteiger partial charge < -0.3 is 5.32 Å². The zero-order valence-electron chi connectivity index (χ0n) is 9.88. The van der Waals surface area contributed by atoms with Gasteiger partial charge in [-0.1, -0.05) is 18.2 Å². The molecule has 0 atom stereocenters. The average Bonchev–Trinajstić information content (AvgIpc) is 2.85. The molecule has 7 heteroatoms. The first-order valence-corrected chi connectivity index (χ1v) is 5.48. The van der Waals surface area contributed by atoms with Gasteiger partial charge in [-0.25, -0.2) is 14.1 Å². The van der Waals surface area contributed by atoms with Gasteiger partial charge in [0.1, 0.15) is 24.8 Å². The van der Waals surface area contributed by atoms with E-state index in [2.05, 4.69) is 15.4 Å². The molecule has 0 spiro atoms. The van der Waals surface area contributed by atoms with Crippen LogP contribution in [0.4, 0.5) is 4.39 Å². The molecule has 0 saturated carbocycles. The second kappa shape index (κ2) is 5.73. The fraction of sp³-hybridized carbons (Fsp3) is 0.167. The summed E-state index contributed by atoms with van der Waals surface area (Å²) in [6.07, 6.45) is 1.29. The molecule has 1 heterocycles. The number of aromatic nitrogens is 3. The molecule has 0 aliphatic heterocycles. The summed E-state index contributed by atoms with van der Waals surface area (Å²) in [7, 11) is 0. The van der Waals surface area contributed by atoms with Gasteiger partial charge in [-0.05, 0) is 6.07 Å². The van der Waals surface area contributed by atoms with Crippen LogP contribution in [0.3, 0.4) is 0 Å². The number of nitrogens with zero attached hydrogens (tertiary/aromatic N) is 4. The van der Waals surface area contributed by atoms with Gasteiger partial charge in [-0.2, -0.15) is 5.26 Å². The summed E-state index contributed by atoms with van der Waals surface area (Å²) in [5.74, 6) is -0.699. The number of hydrogen-bond acceptors (Lipinski definition) is 4. The van der Waals surface area contributed by atoms with E-state index in [1.807, 2.05) is 0 Å². The van der Waals surface area contributed by atoms with E-state index >= 15 is 0 Å². The SMILES string of the molecule is N#Cc1ncn(CC(=O)NCc2ccccc2F)n1. The van der Waals surface area contributed by atoms with Crippen LogP contribution in [0.2, 0.25) is 0 Å². The van der Waals surface area contributed by atoms with Gasteiger partial charge in [0.2, 0.25) is 5.91 Å². The summed E-state index contributed by atoms with van der Waals surface area (Å²) in [5.41, 5.74) is 0.409. The van der Waals surface area contributed by atoms with Crippen LogP contribution in [-0.2, 0) is 17.9 Å². The van der Waals surface area contributed by atoms with Crippen LogP contribution in [0, 0.1) is 17.1 Å². The Morgan fingerprint density at radius 2 is 2.26 bits per heavy atom. The number of carbonyl (C=O) groups is 1. The van der Waals surface area contributed by atoms with Crippen molar-refractivity contribution in [1.82, 2.24) is 20.1 Å². The van der Waals surface area contributed by atoms with E-state index in [9.17, 15) is 9.18 Å². The third-order valence-electron chi connectivity index (χ3n) is 2.38. The molecule has 1 aromatic heterocycles. The first-order valence-electron chi connectivity index (χ1n) is 5.48. The maximum atomic E-state index is 13.3. The Labute approximate surface area is 108 Å². The number of halogens is 1. The van der Waals surface area contributed by atoms with E-state index in [1.165, 1.54) is 17.1 Å². The van der Waals surface area contributed by atoms with Crippen LogP contribution >= 0.6 is 0 Å². The molecule has 96 valence electrons. The largest absolute Gasteiger partial charge is 0.350 e. The minimum Gasteiger partial charge on any atom is -0.350 e. The van der Waals surface area contributed by atoms with Gasteiger partial charge in [0.25, 0.3) is 5.82 Å². The lowest BCUT2D eigenvalue weighted by Crippen LogP contribution is -2.27. The molecule has 2 aromatic rings. The molecular weight excluding hydrogens is 249 g/mol. The quantitative estimate of drug-likeness (QED) is 0.871. The normalized spacial score (nSPS) is 9.89. The zero-order valence-corrected chi connectivity index (χ0v) is 9.88. The first kappa shape index (κ1) is 12.7. The topological polar surface area (TPSA) is 83.6 Å². The third-order valence-corrected chi connectivity index (χ3v) is 2.38. The number of carbonyl (C=O) groups excluding carboxylic acids is 1. The Morgan fingerprint density at radius 1 is 1.47 bits per heavy atom. The number of rotatable bonds is 4. The molecular formula is C12H10FN5O. The minimum absolute atomic E-state index is 0.00176. The van der Waals surface area contributed by atoms with Crippen LogP contribution in [0.25, 0.3) is 0 Å². The van der Waals surface area contributed by atoms with Gasteiger partial charge >= 0.3 is 0 Å². The number of hydrogen-bond donors (Lipinski definition) is 1. The van der Waals surface area contributed by atoms with Gasteiger partial charge in [-0.15, -0.1) is 5.10 Å². The summed E-state index contributed by atoms with van der Waals surface area (Å²) in [6.45, 7) is 0.0362. The maximum absolute atomic E-state index is 13.3. The fourth-order valence-electron chi connectivity index (χ4n) is 1.46. The van der Waals surface area contributed by atoms with Crippen LogP contribution in [0.15, 0.2) is 30.6 Å². The predicted molar refractivity (Wildman–Crippen MR) is 63.0 cm³/mol. The van der Waals surface area contributed by atoms with Crippen molar-refractivity contribution in [3.8, 4) is 6.07 Å². The van der Waals surface area contributed by atoms with E-state index in [4.69, 9.17) is 5.26 Å². The molecule has 1 amide bonds. The molecule has 0 fully saturated rings. The van der Waals surface area contributed by atoms with Crippen molar-refractivity contribution in [2.75, 3.05) is 0 Å². The molecule has 1 aromatic carbocycles. The van der Waals surface area contributed by atoms with Crippen molar-refractivity contribution < 1.29 is 9.18 Å². The highest BCUT2D eigenvalue weighted by atomic mass is 19.1. The monoisotopic (exact) mass is 259 g/mol. The van der Waals surface area contributed by atoms with Crippen molar-refractivity contribution in [3.05, 3.63) is 47.8 Å². The van der Waals surface area contributed by atoms with E-state index in [0.29, 0.717) is 5.56 Å². The fourth-order valence-corrected chi connectivity index (χ4v) is 1.46. The molecule has 0 radical (unpaired) electrons. The first-order chi connectivity index (χ1) is 9.19. The highest BCUT2D eigenvalue weighted by molar-refractivity contribution is 5.75. The molecule has 19 heavy (non-hydrogen) atoms. The molecule has 0 saturated heterocycles. The van der Waals surface area contributed by atoms with Gasteiger partial charge in [0.05, 0.1) is 0 Å². The summed E-state index contributed by atoms with van der Waals surface area (Å²) < 4.78 is 14.5. The van der Waals surface area contributed by atoms with E-state index < -0.39 is 0 Å². The van der Waals surface area contributed by atoms with Crippen LogP contribution in [-0.4, -0.2) is 20.7 Å². The molecule has 0 unspecified atom stereocenters. The van der Waals surface area contributed by atoms with Crippen LogP contribution in [0.5, 0.6) is 0 Å². The summed E-state index contributed by atoms with van der Waals surface area (Å²) in [6, 6.07) is 7.97. The summed E-state index contributed by atoms with van der Waals surface area (Å²) >= 11 is 0. The molecule has 0 aliphatic rings. The second-order valence-electron chi connectivity index (χ2n) is 3.75. The van der Waals surface area contributed by atoms with E-state index in [0.717, 1.165) is 0 Å². The van der Waals surface area contributed by atoms with Crippen molar-refractivity contribution in [1.29, 1.82) is 5.26 Å². The predicted octanol–water partition coefficient (Wildman–Crippen LogP) is 0.605. The second-order valence-corrected chi connectivity index (χ2v) is 3.75. The van der Waals surface area contributed by atoms with Gasteiger partial charge in [-0.3, -0.25) is 4.79 Å². The minimum atomic E-state index is -0.365. The standard InChI is InChI=1S/C12H10FN5O/c13-10-4-2-1-3-9(10)6-15-12(19)7-18-8-16-11(5-14)17-18/h1-4,8H,6-7H2,(H,15,19). The lowest BCUT2D eigenvalue weighted by atomic mass is 10.2. The molecule has 0 aliphatic carbocycles. The van der Waals surface area contributed by atoms with Crippen LogP contribution < -0.4 is 5.32 Å². The van der Waals surface area contributed by atoms with Crippen molar-refractivity contribution in [2.45, 2.75) is 13.1 Å². The zero-order chi connectivity index (χ0) is 13.7. The molecule has 1 N–H and O–H groups in total. The lowest BCUT2D eigenvalue weighted by molar-refractivity contribution is -0.122. The van der Waals surface area contributed by atoms with Gasteiger partial charge in [0, 0.05) is 12.1 Å². The molecule has 2 rings (SSSR count). The smallest absolute Gasteiger partial charge is 0.252 e. The highest BCUT2D eigenvalue weighted by Gasteiger charge is 2.07. The number of nitrogens with one attached hydrogen (secondary N) is 1. The lowest BCUT2D eigenvalue weighted by Gasteiger charge is -2.05. The Hall–Kier alpha value is -2.75. The van der Waals surface area contributed by atoms with Crippen molar-refractivity contribution >= 4 is 5.91 Å². The Morgan fingerprint density at radius 3 is 2.95 bits per heavy atom. The van der Waals surface area contributed by atoms with Gasteiger partial charge in [0.15, 0.2) is 0 Å². The third kappa shape index (κ3) is 3.35. The molecule has 6 nitrogen and oxygen atoms in total. The summed E-state index contributed by atoms with van der Waals surface area (Å²) in [5, 5.41) is 14.9. The Bertz CT molecular complexity index is 631. The molecule has 0 bridgehead atoms. The van der Waals surface area contributed by atoms with Crippen LogP contribution in [0.1, 0.15) is 11.4 Å². The van der Waals surface area contributed by atoms with Crippen molar-refractivity contribution in [3.63, 3.8) is 0 Å². The number of nitriles is 1. The summed E-state index contributed by atoms with van der Waals surface area (Å²) in [4.78, 5) is 15.3. The Kier molecular flexibility index (Phi) is 3.83. The number of benzene rings is 1. The van der Waals surface area contributed by atoms with E-state index in [-0.39, 0.29) is 30.6 Å².